The van der Waals surface area contributed by atoms with E-state index in [4.69, 9.17) is 4.52 Å². The molecule has 0 radical (unpaired) electrons. The summed E-state index contributed by atoms with van der Waals surface area (Å²) in [6, 6.07) is 5.11. The molecule has 20 heavy (non-hydrogen) atoms. The van der Waals surface area contributed by atoms with Crippen molar-refractivity contribution in [3.05, 3.63) is 41.6 Å². The zero-order valence-corrected chi connectivity index (χ0v) is 10.9. The Balaban J connectivity index is 1.75. The molecule has 1 N–H and O–H groups in total. The van der Waals surface area contributed by atoms with Gasteiger partial charge in [0.05, 0.1) is 11.3 Å². The Morgan fingerprint density at radius 1 is 1.20 bits per heavy atom. The fraction of sp³-hybridized carbons (Fsp3) is 0.357. The molecule has 1 aliphatic heterocycles. The molecule has 1 saturated heterocycles. The summed E-state index contributed by atoms with van der Waals surface area (Å²) in [5, 5.41) is 7.23. The molecule has 0 unspecified atom stereocenters. The average Bonchev–Trinajstić information content (AvgIpc) is 2.88. The predicted molar refractivity (Wildman–Crippen MR) is 70.0 cm³/mol. The lowest BCUT2D eigenvalue weighted by atomic mass is 10.1. The van der Waals surface area contributed by atoms with Crippen molar-refractivity contribution in [2.45, 2.75) is 6.54 Å². The molecule has 0 bridgehead atoms. The van der Waals surface area contributed by atoms with Crippen molar-refractivity contribution in [3.63, 3.8) is 0 Å². The van der Waals surface area contributed by atoms with Gasteiger partial charge in [0, 0.05) is 44.9 Å². The zero-order chi connectivity index (χ0) is 13.9. The summed E-state index contributed by atoms with van der Waals surface area (Å²) in [6.45, 7) is 4.49. The van der Waals surface area contributed by atoms with Gasteiger partial charge >= 0.3 is 0 Å². The first kappa shape index (κ1) is 13.2. The fourth-order valence-corrected chi connectivity index (χ4v) is 2.30. The van der Waals surface area contributed by atoms with E-state index in [0.29, 0.717) is 12.3 Å². The summed E-state index contributed by atoms with van der Waals surface area (Å²) in [5.41, 5.74) is 0.982. The maximum Gasteiger partial charge on any atom is 0.170 e. The van der Waals surface area contributed by atoms with E-state index in [2.05, 4.69) is 15.4 Å². The number of nitrogens with zero attached hydrogens (tertiary/aromatic N) is 2. The minimum atomic E-state index is -0.644. The van der Waals surface area contributed by atoms with Gasteiger partial charge in [-0.2, -0.15) is 0 Å². The van der Waals surface area contributed by atoms with Crippen molar-refractivity contribution in [1.82, 2.24) is 15.4 Å². The third-order valence-electron chi connectivity index (χ3n) is 3.35. The van der Waals surface area contributed by atoms with Gasteiger partial charge in [-0.15, -0.1) is 0 Å². The normalized spacial score (nSPS) is 16.5. The lowest BCUT2D eigenvalue weighted by molar-refractivity contribution is 0.227. The number of hydrogen-bond donors (Lipinski definition) is 1. The van der Waals surface area contributed by atoms with E-state index >= 15 is 0 Å². The Bertz CT molecular complexity index is 594. The minimum Gasteiger partial charge on any atom is -0.356 e. The van der Waals surface area contributed by atoms with E-state index in [1.165, 1.54) is 12.1 Å². The maximum absolute atomic E-state index is 13.7. The van der Waals surface area contributed by atoms with Gasteiger partial charge in [-0.1, -0.05) is 5.16 Å². The SMILES string of the molecule is Fc1ccc(-c2cc(CN3CCNCC3)no2)c(F)c1. The smallest absolute Gasteiger partial charge is 0.170 e. The molecule has 4 nitrogen and oxygen atoms in total. The highest BCUT2D eigenvalue weighted by Gasteiger charge is 2.15. The van der Waals surface area contributed by atoms with Crippen LogP contribution in [0.3, 0.4) is 0 Å². The van der Waals surface area contributed by atoms with Crippen LogP contribution in [0.4, 0.5) is 8.78 Å². The van der Waals surface area contributed by atoms with E-state index in [1.54, 1.807) is 6.07 Å². The Hall–Kier alpha value is -1.79. The van der Waals surface area contributed by atoms with Crippen molar-refractivity contribution < 1.29 is 13.3 Å². The quantitative estimate of drug-likeness (QED) is 0.933. The first-order chi connectivity index (χ1) is 9.72. The van der Waals surface area contributed by atoms with Crippen LogP contribution in [0.5, 0.6) is 0 Å². The van der Waals surface area contributed by atoms with E-state index in [9.17, 15) is 8.78 Å². The van der Waals surface area contributed by atoms with Gasteiger partial charge in [-0.05, 0) is 12.1 Å². The molecule has 106 valence electrons. The molecular formula is C14H15F2N3O. The van der Waals surface area contributed by atoms with Crippen LogP contribution in [0, 0.1) is 11.6 Å². The van der Waals surface area contributed by atoms with Crippen LogP contribution in [0.25, 0.3) is 11.3 Å². The van der Waals surface area contributed by atoms with Crippen molar-refractivity contribution >= 4 is 0 Å². The van der Waals surface area contributed by atoms with Crippen LogP contribution in [0.15, 0.2) is 28.8 Å². The van der Waals surface area contributed by atoms with Crippen molar-refractivity contribution in [3.8, 4) is 11.3 Å². The van der Waals surface area contributed by atoms with Crippen LogP contribution >= 0.6 is 0 Å². The molecule has 0 spiro atoms. The molecule has 0 aliphatic carbocycles. The lowest BCUT2D eigenvalue weighted by Gasteiger charge is -2.25. The van der Waals surface area contributed by atoms with Crippen LogP contribution in [0.2, 0.25) is 0 Å². The lowest BCUT2D eigenvalue weighted by Crippen LogP contribution is -2.42. The Morgan fingerprint density at radius 2 is 2.00 bits per heavy atom. The Kier molecular flexibility index (Phi) is 3.75. The minimum absolute atomic E-state index is 0.227. The second-order valence-electron chi connectivity index (χ2n) is 4.83. The van der Waals surface area contributed by atoms with Crippen molar-refractivity contribution in [2.75, 3.05) is 26.2 Å². The molecule has 6 heteroatoms. The number of benzene rings is 1. The van der Waals surface area contributed by atoms with Crippen LogP contribution in [-0.2, 0) is 6.54 Å². The number of nitrogens with one attached hydrogen (secondary N) is 1. The summed E-state index contributed by atoms with van der Waals surface area (Å²) in [6.07, 6.45) is 0. The standard InChI is InChI=1S/C14H15F2N3O/c15-10-1-2-12(13(16)7-10)14-8-11(18-20-14)9-19-5-3-17-4-6-19/h1-2,7-8,17H,3-6,9H2. The van der Waals surface area contributed by atoms with E-state index in [0.717, 1.165) is 37.9 Å². The van der Waals surface area contributed by atoms with Gasteiger partial charge < -0.3 is 9.84 Å². The number of piperazine rings is 1. The highest BCUT2D eigenvalue weighted by molar-refractivity contribution is 5.58. The summed E-state index contributed by atoms with van der Waals surface area (Å²) in [5.74, 6) is -0.922. The fourth-order valence-electron chi connectivity index (χ4n) is 2.30. The first-order valence-corrected chi connectivity index (χ1v) is 6.56. The topological polar surface area (TPSA) is 41.3 Å². The molecule has 3 rings (SSSR count). The molecule has 0 saturated carbocycles. The van der Waals surface area contributed by atoms with Gasteiger partial charge in [0.25, 0.3) is 0 Å². The third kappa shape index (κ3) is 2.86. The molecule has 0 atom stereocenters. The molecular weight excluding hydrogens is 264 g/mol. The zero-order valence-electron chi connectivity index (χ0n) is 10.9. The van der Waals surface area contributed by atoms with Gasteiger partial charge in [0.2, 0.25) is 0 Å². The van der Waals surface area contributed by atoms with Crippen LogP contribution in [0.1, 0.15) is 5.69 Å². The average molecular weight is 279 g/mol. The molecule has 2 heterocycles. The van der Waals surface area contributed by atoms with Crippen molar-refractivity contribution in [2.24, 2.45) is 0 Å². The van der Waals surface area contributed by atoms with Gasteiger partial charge in [0.15, 0.2) is 5.76 Å². The highest BCUT2D eigenvalue weighted by Crippen LogP contribution is 2.24. The monoisotopic (exact) mass is 279 g/mol. The summed E-state index contributed by atoms with van der Waals surface area (Å²) >= 11 is 0. The molecule has 1 fully saturated rings. The largest absolute Gasteiger partial charge is 0.356 e. The van der Waals surface area contributed by atoms with Crippen LogP contribution < -0.4 is 5.32 Å². The third-order valence-corrected chi connectivity index (χ3v) is 3.35. The first-order valence-electron chi connectivity index (χ1n) is 6.56. The maximum atomic E-state index is 13.7. The summed E-state index contributed by atoms with van der Waals surface area (Å²) < 4.78 is 31.7. The van der Waals surface area contributed by atoms with Gasteiger partial charge in [-0.25, -0.2) is 8.78 Å². The summed E-state index contributed by atoms with van der Waals surface area (Å²) in [4.78, 5) is 2.25. The van der Waals surface area contributed by atoms with Gasteiger partial charge in [-0.3, -0.25) is 4.90 Å². The second kappa shape index (κ2) is 5.68. The Morgan fingerprint density at radius 3 is 2.75 bits per heavy atom. The Labute approximate surface area is 115 Å². The van der Waals surface area contributed by atoms with E-state index in [-0.39, 0.29) is 5.56 Å². The van der Waals surface area contributed by atoms with Crippen LogP contribution in [-0.4, -0.2) is 36.2 Å². The highest BCUT2D eigenvalue weighted by atomic mass is 19.1. The molecule has 1 aliphatic rings. The second-order valence-corrected chi connectivity index (χ2v) is 4.83. The van der Waals surface area contributed by atoms with Crippen molar-refractivity contribution in [1.29, 1.82) is 0 Å². The number of halogens is 2. The number of rotatable bonds is 3. The molecule has 1 aromatic heterocycles. The molecule has 1 aromatic carbocycles. The predicted octanol–water partition coefficient (Wildman–Crippen LogP) is 2.02. The number of aromatic nitrogens is 1. The number of hydrogen-bond acceptors (Lipinski definition) is 4. The summed E-state index contributed by atoms with van der Waals surface area (Å²) in [7, 11) is 0. The molecule has 0 amide bonds. The molecule has 2 aromatic rings. The van der Waals surface area contributed by atoms with E-state index in [1.807, 2.05) is 0 Å². The van der Waals surface area contributed by atoms with E-state index < -0.39 is 11.6 Å². The van der Waals surface area contributed by atoms with Gasteiger partial charge in [0.1, 0.15) is 11.6 Å².